The van der Waals surface area contributed by atoms with E-state index in [1.807, 2.05) is 19.1 Å². The fraction of sp³-hybridized carbons (Fsp3) is 0.400. The zero-order valence-electron chi connectivity index (χ0n) is 6.88. The van der Waals surface area contributed by atoms with Crippen molar-refractivity contribution in [3.8, 4) is 0 Å². The van der Waals surface area contributed by atoms with Crippen molar-refractivity contribution in [1.29, 1.82) is 0 Å². The summed E-state index contributed by atoms with van der Waals surface area (Å²) >= 11 is 0. The summed E-state index contributed by atoms with van der Waals surface area (Å²) in [5, 5.41) is 9.52. The number of allylic oxidation sites excluding steroid dienone is 5. The normalized spacial score (nSPS) is 29.7. The van der Waals surface area contributed by atoms with Gasteiger partial charge in [-0.25, -0.2) is 0 Å². The van der Waals surface area contributed by atoms with Crippen LogP contribution in [0.15, 0.2) is 36.6 Å². The van der Waals surface area contributed by atoms with Crippen LogP contribution in [0.1, 0.15) is 19.8 Å². The molecule has 11 heavy (non-hydrogen) atoms. The average Bonchev–Trinajstić information content (AvgIpc) is 1.96. The molecule has 0 spiro atoms. The minimum Gasteiger partial charge on any atom is -0.512 e. The maximum Gasteiger partial charge on any atom is 0.0987 e. The van der Waals surface area contributed by atoms with E-state index in [-0.39, 0.29) is 5.41 Å². The van der Waals surface area contributed by atoms with Gasteiger partial charge in [-0.05, 0) is 18.9 Å². The largest absolute Gasteiger partial charge is 0.512 e. The zero-order chi connectivity index (χ0) is 8.32. The van der Waals surface area contributed by atoms with E-state index in [9.17, 15) is 5.11 Å². The van der Waals surface area contributed by atoms with Crippen LogP contribution in [0.4, 0.5) is 0 Å². The molecule has 0 bridgehead atoms. The highest BCUT2D eigenvalue weighted by Gasteiger charge is 2.27. The third kappa shape index (κ3) is 1.53. The number of hydrogen-bond donors (Lipinski definition) is 1. The molecule has 1 aliphatic carbocycles. The Bertz CT molecular complexity index is 209. The molecule has 0 fully saturated rings. The summed E-state index contributed by atoms with van der Waals surface area (Å²) in [5.74, 6) is 0.472. The molecule has 0 aliphatic heterocycles. The lowest BCUT2D eigenvalue weighted by Gasteiger charge is -2.28. The van der Waals surface area contributed by atoms with Crippen molar-refractivity contribution in [2.75, 3.05) is 0 Å². The van der Waals surface area contributed by atoms with Crippen molar-refractivity contribution in [3.63, 3.8) is 0 Å². The SMILES string of the molecule is C=CCC1(C)CC=CC=C1O. The van der Waals surface area contributed by atoms with Crippen LogP contribution in [0, 0.1) is 5.41 Å². The lowest BCUT2D eigenvalue weighted by Crippen LogP contribution is -2.19. The van der Waals surface area contributed by atoms with Crippen molar-refractivity contribution >= 4 is 0 Å². The van der Waals surface area contributed by atoms with Crippen LogP contribution in [0.3, 0.4) is 0 Å². The van der Waals surface area contributed by atoms with Gasteiger partial charge in [0.1, 0.15) is 0 Å². The van der Waals surface area contributed by atoms with Gasteiger partial charge in [-0.3, -0.25) is 0 Å². The predicted molar refractivity (Wildman–Crippen MR) is 47.4 cm³/mol. The quantitative estimate of drug-likeness (QED) is 0.600. The van der Waals surface area contributed by atoms with Gasteiger partial charge in [-0.2, -0.15) is 0 Å². The highest BCUT2D eigenvalue weighted by Crippen LogP contribution is 2.36. The van der Waals surface area contributed by atoms with Crippen molar-refractivity contribution in [2.24, 2.45) is 5.41 Å². The summed E-state index contributed by atoms with van der Waals surface area (Å²) < 4.78 is 0. The van der Waals surface area contributed by atoms with Gasteiger partial charge in [0.2, 0.25) is 0 Å². The van der Waals surface area contributed by atoms with Crippen molar-refractivity contribution in [2.45, 2.75) is 19.8 Å². The second kappa shape index (κ2) is 2.95. The molecule has 0 aromatic heterocycles. The zero-order valence-corrected chi connectivity index (χ0v) is 6.88. The predicted octanol–water partition coefficient (Wildman–Crippen LogP) is 2.97. The lowest BCUT2D eigenvalue weighted by atomic mass is 9.79. The molecule has 1 atom stereocenters. The third-order valence-corrected chi connectivity index (χ3v) is 2.17. The summed E-state index contributed by atoms with van der Waals surface area (Å²) in [7, 11) is 0. The van der Waals surface area contributed by atoms with E-state index in [0.29, 0.717) is 5.76 Å². The second-order valence-electron chi connectivity index (χ2n) is 3.24. The number of rotatable bonds is 2. The fourth-order valence-electron chi connectivity index (χ4n) is 1.30. The molecule has 0 amide bonds. The Morgan fingerprint density at radius 2 is 2.55 bits per heavy atom. The molecule has 0 heterocycles. The molecule has 1 nitrogen and oxygen atoms in total. The minimum atomic E-state index is -0.101. The summed E-state index contributed by atoms with van der Waals surface area (Å²) in [4.78, 5) is 0. The van der Waals surface area contributed by atoms with Crippen LogP contribution in [-0.4, -0.2) is 5.11 Å². The van der Waals surface area contributed by atoms with E-state index >= 15 is 0 Å². The van der Waals surface area contributed by atoms with E-state index in [0.717, 1.165) is 12.8 Å². The maximum absolute atomic E-state index is 9.52. The maximum atomic E-state index is 9.52. The number of hydrogen-bond acceptors (Lipinski definition) is 1. The first-order valence-electron chi connectivity index (χ1n) is 3.86. The van der Waals surface area contributed by atoms with Crippen LogP contribution >= 0.6 is 0 Å². The van der Waals surface area contributed by atoms with Crippen molar-refractivity contribution in [3.05, 3.63) is 36.6 Å². The number of aliphatic hydroxyl groups is 1. The molecule has 0 saturated heterocycles. The van der Waals surface area contributed by atoms with Gasteiger partial charge < -0.3 is 5.11 Å². The van der Waals surface area contributed by atoms with E-state index in [1.165, 1.54) is 0 Å². The Balaban J connectivity index is 2.78. The van der Waals surface area contributed by atoms with E-state index in [4.69, 9.17) is 0 Å². The van der Waals surface area contributed by atoms with Gasteiger partial charge in [-0.1, -0.05) is 25.2 Å². The Morgan fingerprint density at radius 1 is 1.82 bits per heavy atom. The highest BCUT2D eigenvalue weighted by molar-refractivity contribution is 5.21. The Morgan fingerprint density at radius 3 is 3.09 bits per heavy atom. The van der Waals surface area contributed by atoms with Crippen LogP contribution < -0.4 is 0 Å². The molecule has 0 aromatic rings. The number of aliphatic hydroxyl groups excluding tert-OH is 1. The molecule has 60 valence electrons. The molecule has 0 aromatic carbocycles. The highest BCUT2D eigenvalue weighted by atomic mass is 16.3. The fourth-order valence-corrected chi connectivity index (χ4v) is 1.30. The van der Waals surface area contributed by atoms with Crippen LogP contribution in [0.25, 0.3) is 0 Å². The first-order chi connectivity index (χ1) is 5.19. The molecule has 1 heteroatoms. The smallest absolute Gasteiger partial charge is 0.0987 e. The summed E-state index contributed by atoms with van der Waals surface area (Å²) in [6, 6.07) is 0. The first kappa shape index (κ1) is 8.12. The molecule has 0 saturated carbocycles. The molecule has 1 unspecified atom stereocenters. The Labute approximate surface area is 67.7 Å². The van der Waals surface area contributed by atoms with Gasteiger partial charge in [0, 0.05) is 5.41 Å². The molecule has 1 rings (SSSR count). The van der Waals surface area contributed by atoms with E-state index < -0.39 is 0 Å². The van der Waals surface area contributed by atoms with Gasteiger partial charge >= 0.3 is 0 Å². The van der Waals surface area contributed by atoms with Gasteiger partial charge in [0.15, 0.2) is 0 Å². The standard InChI is InChI=1S/C10H14O/c1-3-7-10(2)8-5-4-6-9(10)11/h3-6,11H,1,7-8H2,2H3. The van der Waals surface area contributed by atoms with Crippen LogP contribution in [0.2, 0.25) is 0 Å². The minimum absolute atomic E-state index is 0.101. The van der Waals surface area contributed by atoms with Crippen molar-refractivity contribution in [1.82, 2.24) is 0 Å². The summed E-state index contributed by atoms with van der Waals surface area (Å²) in [6.07, 6.45) is 9.31. The molecule has 1 aliphatic rings. The molecule has 0 radical (unpaired) electrons. The van der Waals surface area contributed by atoms with E-state index in [1.54, 1.807) is 6.08 Å². The molecular formula is C10H14O. The Hall–Kier alpha value is -0.980. The second-order valence-corrected chi connectivity index (χ2v) is 3.24. The van der Waals surface area contributed by atoms with Crippen LogP contribution in [-0.2, 0) is 0 Å². The monoisotopic (exact) mass is 150 g/mol. The first-order valence-corrected chi connectivity index (χ1v) is 3.86. The molecular weight excluding hydrogens is 136 g/mol. The third-order valence-electron chi connectivity index (χ3n) is 2.17. The van der Waals surface area contributed by atoms with Gasteiger partial charge in [-0.15, -0.1) is 6.58 Å². The Kier molecular flexibility index (Phi) is 2.18. The summed E-state index contributed by atoms with van der Waals surface area (Å²) in [5.41, 5.74) is -0.101. The topological polar surface area (TPSA) is 20.2 Å². The molecule has 1 N–H and O–H groups in total. The lowest BCUT2D eigenvalue weighted by molar-refractivity contribution is 0.238. The van der Waals surface area contributed by atoms with Crippen molar-refractivity contribution < 1.29 is 5.11 Å². The summed E-state index contributed by atoms with van der Waals surface area (Å²) in [6.45, 7) is 5.72. The average molecular weight is 150 g/mol. The van der Waals surface area contributed by atoms with Gasteiger partial charge in [0.25, 0.3) is 0 Å². The van der Waals surface area contributed by atoms with Gasteiger partial charge in [0.05, 0.1) is 5.76 Å². The van der Waals surface area contributed by atoms with Crippen LogP contribution in [0.5, 0.6) is 0 Å². The van der Waals surface area contributed by atoms with E-state index in [2.05, 4.69) is 12.7 Å².